The van der Waals surface area contributed by atoms with Gasteiger partial charge in [0.05, 0.1) is 30.4 Å². The summed E-state index contributed by atoms with van der Waals surface area (Å²) in [5, 5.41) is 5.78. The first kappa shape index (κ1) is 28.1. The average molecular weight is 554 g/mol. The van der Waals surface area contributed by atoms with E-state index in [4.69, 9.17) is 11.6 Å². The summed E-state index contributed by atoms with van der Waals surface area (Å²) < 4.78 is 45.8. The van der Waals surface area contributed by atoms with Crippen molar-refractivity contribution in [3.63, 3.8) is 0 Å². The zero-order chi connectivity index (χ0) is 27.5. The quantitative estimate of drug-likeness (QED) is 0.325. The molecule has 1 aromatic carbocycles. The van der Waals surface area contributed by atoms with E-state index in [9.17, 15) is 13.2 Å². The number of hydrogen-bond acceptors (Lipinski definition) is 8. The van der Waals surface area contributed by atoms with Crippen LogP contribution in [0.15, 0.2) is 24.4 Å². The van der Waals surface area contributed by atoms with Crippen molar-refractivity contribution in [2.75, 3.05) is 29.9 Å². The Labute approximate surface area is 219 Å². The van der Waals surface area contributed by atoms with Gasteiger partial charge in [-0.1, -0.05) is 32.4 Å². The molecule has 0 bridgehead atoms. The molecule has 1 atom stereocenters. The Morgan fingerprint density at radius 1 is 1.27 bits per heavy atom. The van der Waals surface area contributed by atoms with E-state index in [0.717, 1.165) is 6.26 Å². The van der Waals surface area contributed by atoms with E-state index in [2.05, 4.69) is 40.0 Å². The van der Waals surface area contributed by atoms with Gasteiger partial charge in [0.25, 0.3) is 0 Å². The van der Waals surface area contributed by atoms with Gasteiger partial charge in [0.2, 0.25) is 16.0 Å². The van der Waals surface area contributed by atoms with Crippen molar-refractivity contribution >= 4 is 39.4 Å². The van der Waals surface area contributed by atoms with Gasteiger partial charge in [0, 0.05) is 34.8 Å². The van der Waals surface area contributed by atoms with Gasteiger partial charge in [-0.2, -0.15) is 0 Å². The summed E-state index contributed by atoms with van der Waals surface area (Å²) in [5.41, 5.74) is 0.257. The third kappa shape index (κ3) is 7.29. The first-order chi connectivity index (χ1) is 17.2. The number of benzene rings is 1. The Morgan fingerprint density at radius 3 is 2.59 bits per heavy atom. The van der Waals surface area contributed by atoms with Crippen molar-refractivity contribution in [1.82, 2.24) is 25.3 Å². The first-order valence-corrected chi connectivity index (χ1v) is 13.4. The number of ether oxygens (including phenoxy) is 1. The Kier molecular flexibility index (Phi) is 8.28. The molecule has 37 heavy (non-hydrogen) atoms. The highest BCUT2D eigenvalue weighted by Gasteiger charge is 2.26. The fraction of sp³-hybridized carbons (Fsp3) is 0.391. The van der Waals surface area contributed by atoms with Crippen LogP contribution in [0.3, 0.4) is 0 Å². The minimum absolute atomic E-state index is 0.00979. The second-order valence-electron chi connectivity index (χ2n) is 9.43. The largest absolute Gasteiger partial charge is 0.453 e. The number of sulfonamides is 1. The lowest BCUT2D eigenvalue weighted by Gasteiger charge is -2.14. The van der Waals surface area contributed by atoms with Crippen LogP contribution in [0.4, 0.5) is 20.8 Å². The Hall–Kier alpha value is -3.45. The predicted octanol–water partition coefficient (Wildman–Crippen LogP) is 4.15. The summed E-state index contributed by atoms with van der Waals surface area (Å²) in [7, 11) is -2.49. The molecule has 1 unspecified atom stereocenters. The lowest BCUT2D eigenvalue weighted by atomic mass is 9.96. The van der Waals surface area contributed by atoms with Crippen molar-refractivity contribution in [2.45, 2.75) is 39.2 Å². The highest BCUT2D eigenvalue weighted by molar-refractivity contribution is 7.92. The van der Waals surface area contributed by atoms with E-state index in [1.165, 1.54) is 25.4 Å². The lowest BCUT2D eigenvalue weighted by Crippen LogP contribution is -2.37. The molecule has 0 fully saturated rings. The summed E-state index contributed by atoms with van der Waals surface area (Å²) in [6.45, 7) is 7.90. The lowest BCUT2D eigenvalue weighted by molar-refractivity contribution is 0.168. The number of imidazole rings is 1. The zero-order valence-electron chi connectivity index (χ0n) is 21.2. The van der Waals surface area contributed by atoms with Gasteiger partial charge >= 0.3 is 6.09 Å². The van der Waals surface area contributed by atoms with Crippen LogP contribution in [-0.2, 0) is 20.2 Å². The molecular formula is C23H29ClFN7O4S. The summed E-state index contributed by atoms with van der Waals surface area (Å²) in [6, 6.07) is 3.91. The molecule has 0 spiro atoms. The van der Waals surface area contributed by atoms with Gasteiger partial charge in [0.15, 0.2) is 5.82 Å². The summed E-state index contributed by atoms with van der Waals surface area (Å²) in [5.74, 6) is -0.0171. The van der Waals surface area contributed by atoms with Crippen LogP contribution in [0.25, 0.3) is 22.6 Å². The van der Waals surface area contributed by atoms with Gasteiger partial charge in [0.1, 0.15) is 11.5 Å². The van der Waals surface area contributed by atoms with Crippen molar-refractivity contribution in [1.29, 1.82) is 0 Å². The second kappa shape index (κ2) is 10.9. The van der Waals surface area contributed by atoms with E-state index < -0.39 is 27.3 Å². The molecule has 11 nitrogen and oxygen atoms in total. The van der Waals surface area contributed by atoms with Crippen LogP contribution in [0.2, 0.25) is 5.02 Å². The molecule has 0 saturated heterocycles. The fourth-order valence-corrected chi connectivity index (χ4v) is 4.05. The standard InChI is InChI=1S/C23H29ClFN7O4S/c1-12(28-22(33)36-5)11-27-21-26-8-7-15(29-21)19-18(30-20(31-19)23(2,3)4)14-9-13(24)10-16(17(14)25)32-37(6,34)35/h7-10,12,32H,11H2,1-6H3,(H,28,33)(H,30,31)(H,26,27,29). The van der Waals surface area contributed by atoms with Crippen molar-refractivity contribution in [3.05, 3.63) is 41.1 Å². The third-order valence-corrected chi connectivity index (χ3v) is 5.84. The van der Waals surface area contributed by atoms with E-state index in [1.807, 2.05) is 20.8 Å². The molecule has 0 aliphatic heterocycles. The number of carbonyl (C=O) groups excluding carboxylic acids is 1. The highest BCUT2D eigenvalue weighted by atomic mass is 35.5. The van der Waals surface area contributed by atoms with E-state index in [1.54, 1.807) is 13.0 Å². The number of aromatic nitrogens is 4. The number of halogens is 2. The minimum atomic E-state index is -3.76. The first-order valence-electron chi connectivity index (χ1n) is 11.2. The molecule has 3 rings (SSSR count). The number of anilines is 2. The summed E-state index contributed by atoms with van der Waals surface area (Å²) in [4.78, 5) is 28.0. The molecule has 1 amide bonds. The Morgan fingerprint density at radius 2 is 1.97 bits per heavy atom. The van der Waals surface area contributed by atoms with Crippen LogP contribution in [0.5, 0.6) is 0 Å². The molecule has 0 radical (unpaired) electrons. The van der Waals surface area contributed by atoms with E-state index in [0.29, 0.717) is 23.8 Å². The SMILES string of the molecule is COC(=O)NC(C)CNc1nccc(-c2[nH]c(C(C)(C)C)nc2-c2cc(Cl)cc(NS(C)(=O)=O)c2F)n1. The molecule has 4 N–H and O–H groups in total. The number of amides is 1. The number of carbonyl (C=O) groups is 1. The van der Waals surface area contributed by atoms with Crippen LogP contribution in [0, 0.1) is 5.82 Å². The zero-order valence-corrected chi connectivity index (χ0v) is 22.8. The molecule has 0 aliphatic rings. The minimum Gasteiger partial charge on any atom is -0.453 e. The van der Waals surface area contributed by atoms with E-state index >= 15 is 4.39 Å². The summed E-state index contributed by atoms with van der Waals surface area (Å²) >= 11 is 6.22. The number of rotatable bonds is 8. The topological polar surface area (TPSA) is 151 Å². The fourth-order valence-electron chi connectivity index (χ4n) is 3.28. The van der Waals surface area contributed by atoms with Crippen molar-refractivity contribution < 1.29 is 22.3 Å². The van der Waals surface area contributed by atoms with Crippen LogP contribution in [-0.4, -0.2) is 60.4 Å². The Bertz CT molecular complexity index is 1410. The molecule has 2 aromatic heterocycles. The number of aromatic amines is 1. The normalized spacial score (nSPS) is 12.6. The molecule has 200 valence electrons. The molecular weight excluding hydrogens is 525 g/mol. The average Bonchev–Trinajstić information content (AvgIpc) is 3.25. The van der Waals surface area contributed by atoms with Crippen LogP contribution in [0.1, 0.15) is 33.5 Å². The van der Waals surface area contributed by atoms with Crippen molar-refractivity contribution in [3.8, 4) is 22.6 Å². The van der Waals surface area contributed by atoms with E-state index in [-0.39, 0.29) is 34.0 Å². The molecule has 3 aromatic rings. The molecule has 0 aliphatic carbocycles. The van der Waals surface area contributed by atoms with Gasteiger partial charge in [-0.25, -0.2) is 32.6 Å². The second-order valence-corrected chi connectivity index (χ2v) is 11.6. The Balaban J connectivity index is 2.07. The molecule has 14 heteroatoms. The van der Waals surface area contributed by atoms with Crippen molar-refractivity contribution in [2.24, 2.45) is 0 Å². The monoisotopic (exact) mass is 553 g/mol. The predicted molar refractivity (Wildman–Crippen MR) is 141 cm³/mol. The van der Waals surface area contributed by atoms with Gasteiger partial charge in [-0.3, -0.25) is 4.72 Å². The summed E-state index contributed by atoms with van der Waals surface area (Å²) in [6.07, 6.45) is 1.88. The van der Waals surface area contributed by atoms with Gasteiger partial charge in [-0.15, -0.1) is 0 Å². The maximum Gasteiger partial charge on any atom is 0.407 e. The maximum absolute atomic E-state index is 15.6. The number of alkyl carbamates (subject to hydrolysis) is 1. The number of nitrogens with zero attached hydrogens (tertiary/aromatic N) is 3. The molecule has 2 heterocycles. The smallest absolute Gasteiger partial charge is 0.407 e. The number of H-pyrrole nitrogens is 1. The van der Waals surface area contributed by atoms with Gasteiger partial charge < -0.3 is 20.4 Å². The maximum atomic E-state index is 15.6. The molecule has 0 saturated carbocycles. The van der Waals surface area contributed by atoms with Crippen LogP contribution >= 0.6 is 11.6 Å². The van der Waals surface area contributed by atoms with Gasteiger partial charge in [-0.05, 0) is 25.1 Å². The third-order valence-electron chi connectivity index (χ3n) is 5.03. The number of hydrogen-bond donors (Lipinski definition) is 4. The number of nitrogens with one attached hydrogen (secondary N) is 4. The highest BCUT2D eigenvalue weighted by Crippen LogP contribution is 2.37. The van der Waals surface area contributed by atoms with Crippen LogP contribution < -0.4 is 15.4 Å². The number of methoxy groups -OCH3 is 1.